The van der Waals surface area contributed by atoms with Gasteiger partial charge < -0.3 is 5.32 Å². The maximum absolute atomic E-state index is 4.44. The second kappa shape index (κ2) is 7.12. The number of nitrogens with one attached hydrogen (secondary N) is 1. The molecule has 0 saturated heterocycles. The van der Waals surface area contributed by atoms with Gasteiger partial charge in [-0.15, -0.1) is 0 Å². The summed E-state index contributed by atoms with van der Waals surface area (Å²) in [6.45, 7) is 4.43. The molecule has 18 heavy (non-hydrogen) atoms. The molecular weight excluding hydrogens is 220 g/mol. The van der Waals surface area contributed by atoms with Crippen LogP contribution in [0.3, 0.4) is 0 Å². The average molecular weight is 242 g/mol. The van der Waals surface area contributed by atoms with Crippen molar-refractivity contribution < 1.29 is 0 Å². The van der Waals surface area contributed by atoms with Crippen LogP contribution in [-0.2, 0) is 6.42 Å². The van der Waals surface area contributed by atoms with Crippen LogP contribution in [0.15, 0.2) is 36.6 Å². The van der Waals surface area contributed by atoms with Gasteiger partial charge in [-0.1, -0.05) is 37.6 Å². The van der Waals surface area contributed by atoms with E-state index in [-0.39, 0.29) is 0 Å². The first-order valence-electron chi connectivity index (χ1n) is 6.93. The van der Waals surface area contributed by atoms with E-state index in [0.29, 0.717) is 0 Å². The molecule has 0 aromatic carbocycles. The molecule has 2 rings (SSSR count). The van der Waals surface area contributed by atoms with Crippen LogP contribution >= 0.6 is 0 Å². The summed E-state index contributed by atoms with van der Waals surface area (Å²) < 4.78 is 0. The maximum atomic E-state index is 4.44. The van der Waals surface area contributed by atoms with Crippen molar-refractivity contribution in [3.8, 4) is 0 Å². The highest BCUT2D eigenvalue weighted by molar-refractivity contribution is 5.77. The van der Waals surface area contributed by atoms with E-state index in [9.17, 15) is 0 Å². The molecule has 96 valence electrons. The Morgan fingerprint density at radius 2 is 2.33 bits per heavy atom. The van der Waals surface area contributed by atoms with E-state index in [1.54, 1.807) is 0 Å². The molecule has 0 atom stereocenters. The summed E-state index contributed by atoms with van der Waals surface area (Å²) in [6, 6.07) is 4.17. The van der Waals surface area contributed by atoms with Crippen molar-refractivity contribution in [3.63, 3.8) is 0 Å². The summed E-state index contributed by atoms with van der Waals surface area (Å²) in [7, 11) is 0. The zero-order valence-electron chi connectivity index (χ0n) is 11.2. The van der Waals surface area contributed by atoms with Crippen molar-refractivity contribution in [2.45, 2.75) is 32.6 Å². The predicted octanol–water partition coefficient (Wildman–Crippen LogP) is 3.36. The lowest BCUT2D eigenvalue weighted by molar-refractivity contribution is 0.645. The van der Waals surface area contributed by atoms with Crippen molar-refractivity contribution in [1.29, 1.82) is 0 Å². The van der Waals surface area contributed by atoms with Crippen molar-refractivity contribution in [1.82, 2.24) is 10.3 Å². The Labute approximate surface area is 110 Å². The quantitative estimate of drug-likeness (QED) is 0.742. The number of rotatable bonds is 7. The molecule has 0 aliphatic heterocycles. The van der Waals surface area contributed by atoms with Crippen molar-refractivity contribution in [3.05, 3.63) is 47.8 Å². The molecule has 1 aromatic heterocycles. The Morgan fingerprint density at radius 3 is 3.22 bits per heavy atom. The minimum atomic E-state index is 1.03. The molecular formula is C16H22N2. The van der Waals surface area contributed by atoms with Crippen LogP contribution in [0.1, 0.15) is 37.4 Å². The first kappa shape index (κ1) is 13.0. The summed E-state index contributed by atoms with van der Waals surface area (Å²) in [6.07, 6.45) is 13.2. The third-order valence-corrected chi connectivity index (χ3v) is 3.20. The first-order valence-corrected chi connectivity index (χ1v) is 6.93. The fourth-order valence-electron chi connectivity index (χ4n) is 2.15. The zero-order chi connectivity index (χ0) is 12.6. The summed E-state index contributed by atoms with van der Waals surface area (Å²) in [5, 5.41) is 3.44. The Morgan fingerprint density at radius 1 is 1.39 bits per heavy atom. The standard InChI is InChI=1S/C16H22N2/c1-2-3-11-17-12-5-4-7-14-9-10-15-8-6-13-18-16(14)15/h4,6-9,13,17H,2-3,5,10-12H2,1H3/b7-4+. The fraction of sp³-hybridized carbons (Fsp3) is 0.438. The molecule has 2 nitrogen and oxygen atoms in total. The summed E-state index contributed by atoms with van der Waals surface area (Å²) in [5.41, 5.74) is 3.78. The third kappa shape index (κ3) is 3.54. The number of hydrogen-bond acceptors (Lipinski definition) is 2. The fourth-order valence-corrected chi connectivity index (χ4v) is 2.15. The van der Waals surface area contributed by atoms with Crippen molar-refractivity contribution >= 4 is 5.57 Å². The molecule has 0 saturated carbocycles. The molecule has 1 aliphatic rings. The smallest absolute Gasteiger partial charge is 0.0733 e. The SMILES string of the molecule is CCCCNCC/C=C/C1=CCc2cccnc21. The highest BCUT2D eigenvalue weighted by atomic mass is 14.8. The monoisotopic (exact) mass is 242 g/mol. The topological polar surface area (TPSA) is 24.9 Å². The molecule has 0 bridgehead atoms. The van der Waals surface area contributed by atoms with Crippen LogP contribution < -0.4 is 5.32 Å². The Bertz CT molecular complexity index is 432. The normalized spacial score (nSPS) is 13.9. The van der Waals surface area contributed by atoms with Gasteiger partial charge in [0, 0.05) is 6.20 Å². The lowest BCUT2D eigenvalue weighted by atomic mass is 10.1. The Balaban J connectivity index is 1.74. The second-order valence-electron chi connectivity index (χ2n) is 4.67. The van der Waals surface area contributed by atoms with E-state index in [2.05, 4.69) is 41.5 Å². The number of nitrogens with zero attached hydrogens (tertiary/aromatic N) is 1. The number of unbranched alkanes of at least 4 members (excludes halogenated alkanes) is 1. The Kier molecular flexibility index (Phi) is 5.15. The van der Waals surface area contributed by atoms with Crippen LogP contribution in [-0.4, -0.2) is 18.1 Å². The molecule has 0 fully saturated rings. The lowest BCUT2D eigenvalue weighted by Gasteiger charge is -2.01. The highest BCUT2D eigenvalue weighted by Crippen LogP contribution is 2.25. The molecule has 1 aliphatic carbocycles. The van der Waals surface area contributed by atoms with Crippen LogP contribution in [0.2, 0.25) is 0 Å². The van der Waals surface area contributed by atoms with Gasteiger partial charge in [0.1, 0.15) is 0 Å². The molecule has 1 N–H and O–H groups in total. The summed E-state index contributed by atoms with van der Waals surface area (Å²) >= 11 is 0. The molecule has 1 aromatic rings. The van der Waals surface area contributed by atoms with Crippen LogP contribution in [0.25, 0.3) is 5.57 Å². The Hall–Kier alpha value is -1.41. The molecule has 1 heterocycles. The highest BCUT2D eigenvalue weighted by Gasteiger charge is 2.11. The van der Waals surface area contributed by atoms with Gasteiger partial charge in [0.2, 0.25) is 0 Å². The van der Waals surface area contributed by atoms with Gasteiger partial charge in [0.25, 0.3) is 0 Å². The van der Waals surface area contributed by atoms with E-state index in [4.69, 9.17) is 0 Å². The third-order valence-electron chi connectivity index (χ3n) is 3.20. The van der Waals surface area contributed by atoms with E-state index >= 15 is 0 Å². The van der Waals surface area contributed by atoms with Gasteiger partial charge in [-0.05, 0) is 49.6 Å². The van der Waals surface area contributed by atoms with E-state index in [0.717, 1.165) is 31.6 Å². The van der Waals surface area contributed by atoms with Crippen LogP contribution in [0.4, 0.5) is 0 Å². The minimum Gasteiger partial charge on any atom is -0.316 e. The molecule has 0 unspecified atom stereocenters. The number of allylic oxidation sites excluding steroid dienone is 3. The van der Waals surface area contributed by atoms with Gasteiger partial charge in [-0.3, -0.25) is 4.98 Å². The van der Waals surface area contributed by atoms with Gasteiger partial charge in [-0.25, -0.2) is 0 Å². The van der Waals surface area contributed by atoms with Gasteiger partial charge in [-0.2, -0.15) is 0 Å². The van der Waals surface area contributed by atoms with Crippen LogP contribution in [0.5, 0.6) is 0 Å². The number of pyridine rings is 1. The average Bonchev–Trinajstić information content (AvgIpc) is 2.81. The van der Waals surface area contributed by atoms with E-state index in [1.165, 1.54) is 24.0 Å². The van der Waals surface area contributed by atoms with Crippen LogP contribution in [0, 0.1) is 0 Å². The molecule has 2 heteroatoms. The minimum absolute atomic E-state index is 1.03. The van der Waals surface area contributed by atoms with E-state index in [1.807, 2.05) is 12.3 Å². The number of fused-ring (bicyclic) bond motifs is 1. The molecule has 0 spiro atoms. The number of hydrogen-bond donors (Lipinski definition) is 1. The number of aromatic nitrogens is 1. The van der Waals surface area contributed by atoms with Gasteiger partial charge >= 0.3 is 0 Å². The predicted molar refractivity (Wildman–Crippen MR) is 77.5 cm³/mol. The van der Waals surface area contributed by atoms with Crippen molar-refractivity contribution in [2.24, 2.45) is 0 Å². The second-order valence-corrected chi connectivity index (χ2v) is 4.67. The van der Waals surface area contributed by atoms with Gasteiger partial charge in [0.15, 0.2) is 0 Å². The maximum Gasteiger partial charge on any atom is 0.0733 e. The first-order chi connectivity index (χ1) is 8.92. The van der Waals surface area contributed by atoms with Crippen molar-refractivity contribution in [2.75, 3.05) is 13.1 Å². The zero-order valence-corrected chi connectivity index (χ0v) is 11.2. The summed E-state index contributed by atoms with van der Waals surface area (Å²) in [5.74, 6) is 0. The largest absolute Gasteiger partial charge is 0.316 e. The molecule has 0 amide bonds. The lowest BCUT2D eigenvalue weighted by Crippen LogP contribution is -2.15. The van der Waals surface area contributed by atoms with Gasteiger partial charge in [0.05, 0.1) is 5.69 Å². The summed E-state index contributed by atoms with van der Waals surface area (Å²) in [4.78, 5) is 4.44. The molecule has 0 radical (unpaired) electrons. The van der Waals surface area contributed by atoms with E-state index < -0.39 is 0 Å².